The van der Waals surface area contributed by atoms with Crippen molar-refractivity contribution in [2.75, 3.05) is 32.8 Å². The SMILES string of the molecule is CC(C)COC(=O)N1CCCN(C(=O)c2nn(-c3ccc(F)cc3)c3c2CCCC3)CC1. The highest BCUT2D eigenvalue weighted by Crippen LogP contribution is 2.28. The summed E-state index contributed by atoms with van der Waals surface area (Å²) in [5, 5.41) is 4.70. The first kappa shape index (κ1) is 22.3. The lowest BCUT2D eigenvalue weighted by Gasteiger charge is -2.22. The van der Waals surface area contributed by atoms with E-state index in [0.29, 0.717) is 44.9 Å². The topological polar surface area (TPSA) is 67.7 Å². The van der Waals surface area contributed by atoms with E-state index in [2.05, 4.69) is 0 Å². The zero-order valence-electron chi connectivity index (χ0n) is 18.8. The van der Waals surface area contributed by atoms with Gasteiger partial charge in [-0.15, -0.1) is 0 Å². The van der Waals surface area contributed by atoms with Crippen LogP contribution >= 0.6 is 0 Å². The summed E-state index contributed by atoms with van der Waals surface area (Å²) in [4.78, 5) is 29.3. The fourth-order valence-electron chi connectivity index (χ4n) is 4.35. The summed E-state index contributed by atoms with van der Waals surface area (Å²) in [7, 11) is 0. The maximum atomic E-state index is 13.5. The molecule has 0 saturated carbocycles. The fourth-order valence-corrected chi connectivity index (χ4v) is 4.35. The van der Waals surface area contributed by atoms with Gasteiger partial charge in [-0.1, -0.05) is 13.8 Å². The number of carbonyl (C=O) groups excluding carboxylic acids is 2. The Hall–Kier alpha value is -2.90. The summed E-state index contributed by atoms with van der Waals surface area (Å²) in [6.07, 6.45) is 4.12. The second-order valence-corrected chi connectivity index (χ2v) is 8.97. The predicted molar refractivity (Wildman–Crippen MR) is 118 cm³/mol. The number of nitrogens with zero attached hydrogens (tertiary/aromatic N) is 4. The zero-order valence-corrected chi connectivity index (χ0v) is 18.8. The van der Waals surface area contributed by atoms with Crippen molar-refractivity contribution in [3.63, 3.8) is 0 Å². The van der Waals surface area contributed by atoms with Gasteiger partial charge in [-0.25, -0.2) is 13.9 Å². The molecule has 2 amide bonds. The fraction of sp³-hybridized carbons (Fsp3) is 0.542. The minimum absolute atomic E-state index is 0.0959. The van der Waals surface area contributed by atoms with Crippen LogP contribution in [0.15, 0.2) is 24.3 Å². The van der Waals surface area contributed by atoms with E-state index in [9.17, 15) is 14.0 Å². The van der Waals surface area contributed by atoms with E-state index in [4.69, 9.17) is 9.84 Å². The molecule has 2 aromatic rings. The zero-order chi connectivity index (χ0) is 22.7. The van der Waals surface area contributed by atoms with Crippen LogP contribution < -0.4 is 0 Å². The van der Waals surface area contributed by atoms with Crippen molar-refractivity contribution in [3.8, 4) is 5.69 Å². The molecule has 1 saturated heterocycles. The number of amides is 2. The minimum Gasteiger partial charge on any atom is -0.449 e. The van der Waals surface area contributed by atoms with Gasteiger partial charge >= 0.3 is 6.09 Å². The van der Waals surface area contributed by atoms with Gasteiger partial charge in [0, 0.05) is 37.4 Å². The van der Waals surface area contributed by atoms with Gasteiger partial charge in [0.2, 0.25) is 0 Å². The van der Waals surface area contributed by atoms with E-state index in [0.717, 1.165) is 42.6 Å². The average molecular weight is 443 g/mol. The Morgan fingerprint density at radius 1 is 1.00 bits per heavy atom. The second kappa shape index (κ2) is 9.71. The highest BCUT2D eigenvalue weighted by atomic mass is 19.1. The molecule has 0 atom stereocenters. The Morgan fingerprint density at radius 2 is 1.69 bits per heavy atom. The third-order valence-corrected chi connectivity index (χ3v) is 6.04. The second-order valence-electron chi connectivity index (χ2n) is 8.97. The van der Waals surface area contributed by atoms with Gasteiger partial charge < -0.3 is 14.5 Å². The van der Waals surface area contributed by atoms with E-state index in [1.165, 1.54) is 12.1 Å². The van der Waals surface area contributed by atoms with Crippen LogP contribution in [-0.4, -0.2) is 64.4 Å². The first-order valence-corrected chi connectivity index (χ1v) is 11.5. The molecule has 1 fully saturated rings. The minimum atomic E-state index is -0.314. The van der Waals surface area contributed by atoms with Crippen LogP contribution in [0.1, 0.15) is 54.9 Å². The largest absolute Gasteiger partial charge is 0.449 e. The van der Waals surface area contributed by atoms with E-state index < -0.39 is 0 Å². The van der Waals surface area contributed by atoms with Gasteiger partial charge in [-0.2, -0.15) is 5.10 Å². The molecule has 7 nitrogen and oxygen atoms in total. The Bertz CT molecular complexity index is 970. The van der Waals surface area contributed by atoms with Gasteiger partial charge in [0.1, 0.15) is 5.82 Å². The number of carbonyl (C=O) groups is 2. The molecule has 172 valence electrons. The summed E-state index contributed by atoms with van der Waals surface area (Å²) < 4.78 is 20.6. The molecule has 2 heterocycles. The molecule has 1 aliphatic carbocycles. The summed E-state index contributed by atoms with van der Waals surface area (Å²) in [5.74, 6) is -0.111. The van der Waals surface area contributed by atoms with Crippen LogP contribution in [0.3, 0.4) is 0 Å². The lowest BCUT2D eigenvalue weighted by molar-refractivity contribution is 0.0739. The molecular weight excluding hydrogens is 411 g/mol. The molecule has 1 aromatic heterocycles. The van der Waals surface area contributed by atoms with Gasteiger partial charge in [0.15, 0.2) is 5.69 Å². The normalized spacial score (nSPS) is 16.6. The van der Waals surface area contributed by atoms with E-state index in [1.807, 2.05) is 13.8 Å². The molecular formula is C24H31FN4O3. The molecule has 0 bridgehead atoms. The molecule has 4 rings (SSSR count). The lowest BCUT2D eigenvalue weighted by atomic mass is 9.95. The highest BCUT2D eigenvalue weighted by Gasteiger charge is 2.30. The Balaban J connectivity index is 1.52. The maximum Gasteiger partial charge on any atom is 0.409 e. The number of halogens is 1. The van der Waals surface area contributed by atoms with Crippen LogP contribution in [0.4, 0.5) is 9.18 Å². The summed E-state index contributed by atoms with van der Waals surface area (Å²) in [6, 6.07) is 6.21. The number of ether oxygens (including phenoxy) is 1. The Labute approximate surface area is 188 Å². The molecule has 1 aliphatic heterocycles. The van der Waals surface area contributed by atoms with Crippen LogP contribution in [0.5, 0.6) is 0 Å². The van der Waals surface area contributed by atoms with E-state index in [1.54, 1.807) is 26.6 Å². The standard InChI is InChI=1S/C24H31FN4O3/c1-17(2)16-32-24(31)28-13-5-12-27(14-15-28)23(30)22-20-6-3-4-7-21(20)29(26-22)19-10-8-18(25)9-11-19/h8-11,17H,3-7,12-16H2,1-2H3. The lowest BCUT2D eigenvalue weighted by Crippen LogP contribution is -2.38. The molecule has 0 unspecified atom stereocenters. The quantitative estimate of drug-likeness (QED) is 0.722. The number of rotatable bonds is 4. The van der Waals surface area contributed by atoms with Crippen LogP contribution in [0.2, 0.25) is 0 Å². The maximum absolute atomic E-state index is 13.5. The predicted octanol–water partition coefficient (Wildman–Crippen LogP) is 3.83. The average Bonchev–Trinajstić information content (AvgIpc) is 2.99. The molecule has 32 heavy (non-hydrogen) atoms. The highest BCUT2D eigenvalue weighted by molar-refractivity contribution is 5.94. The molecule has 8 heteroatoms. The van der Waals surface area contributed by atoms with Gasteiger partial charge in [0.25, 0.3) is 5.91 Å². The van der Waals surface area contributed by atoms with Crippen LogP contribution in [0.25, 0.3) is 5.69 Å². The van der Waals surface area contributed by atoms with E-state index >= 15 is 0 Å². The molecule has 1 aromatic carbocycles. The van der Waals surface area contributed by atoms with Crippen molar-refractivity contribution in [1.82, 2.24) is 19.6 Å². The monoisotopic (exact) mass is 442 g/mol. The molecule has 2 aliphatic rings. The van der Waals surface area contributed by atoms with Gasteiger partial charge in [0.05, 0.1) is 12.3 Å². The smallest absolute Gasteiger partial charge is 0.409 e. The van der Waals surface area contributed by atoms with Crippen molar-refractivity contribution in [2.24, 2.45) is 5.92 Å². The Kier molecular flexibility index (Phi) is 6.77. The first-order chi connectivity index (χ1) is 15.4. The van der Waals surface area contributed by atoms with Crippen molar-refractivity contribution in [1.29, 1.82) is 0 Å². The number of benzene rings is 1. The van der Waals surface area contributed by atoms with Crippen molar-refractivity contribution in [2.45, 2.75) is 46.0 Å². The third kappa shape index (κ3) is 4.79. The molecule has 0 radical (unpaired) electrons. The number of aromatic nitrogens is 2. The third-order valence-electron chi connectivity index (χ3n) is 6.04. The Morgan fingerprint density at radius 3 is 2.44 bits per heavy atom. The number of fused-ring (bicyclic) bond motifs is 1. The molecule has 0 N–H and O–H groups in total. The van der Waals surface area contributed by atoms with Crippen molar-refractivity contribution < 1.29 is 18.7 Å². The summed E-state index contributed by atoms with van der Waals surface area (Å²) in [6.45, 7) is 6.44. The van der Waals surface area contributed by atoms with Crippen LogP contribution in [0, 0.1) is 11.7 Å². The first-order valence-electron chi connectivity index (χ1n) is 11.5. The van der Waals surface area contributed by atoms with Crippen molar-refractivity contribution >= 4 is 12.0 Å². The van der Waals surface area contributed by atoms with E-state index in [-0.39, 0.29) is 23.7 Å². The molecule has 0 spiro atoms. The summed E-state index contributed by atoms with van der Waals surface area (Å²) >= 11 is 0. The number of hydrogen-bond acceptors (Lipinski definition) is 4. The van der Waals surface area contributed by atoms with Crippen molar-refractivity contribution in [3.05, 3.63) is 47.0 Å². The van der Waals surface area contributed by atoms with Gasteiger partial charge in [-0.05, 0) is 62.3 Å². The van der Waals surface area contributed by atoms with Crippen LogP contribution in [-0.2, 0) is 17.6 Å². The summed E-state index contributed by atoms with van der Waals surface area (Å²) in [5.41, 5.74) is 3.29. The van der Waals surface area contributed by atoms with Gasteiger partial charge in [-0.3, -0.25) is 4.79 Å². The number of hydrogen-bond donors (Lipinski definition) is 0.